The van der Waals surface area contributed by atoms with Crippen LogP contribution in [0.2, 0.25) is 0 Å². The van der Waals surface area contributed by atoms with Crippen LogP contribution in [-0.4, -0.2) is 4.98 Å². The molecule has 3 heteroatoms. The molecular formula is C63H41N3. The third-order valence-corrected chi connectivity index (χ3v) is 13.3. The van der Waals surface area contributed by atoms with Crippen LogP contribution in [0.3, 0.4) is 0 Å². The summed E-state index contributed by atoms with van der Waals surface area (Å²) in [6.45, 7) is 0. The normalized spacial score (nSPS) is 11.6. The summed E-state index contributed by atoms with van der Waals surface area (Å²) in [5.74, 6) is 0. The number of rotatable bonds is 8. The smallest absolute Gasteiger partial charge is 0.0702 e. The number of para-hydroxylation sites is 2. The molecule has 0 spiro atoms. The molecule has 0 N–H and O–H groups in total. The van der Waals surface area contributed by atoms with E-state index in [0.29, 0.717) is 0 Å². The molecule has 0 bridgehead atoms. The summed E-state index contributed by atoms with van der Waals surface area (Å²) >= 11 is 0. The van der Waals surface area contributed by atoms with Crippen LogP contribution in [0.15, 0.2) is 249 Å². The molecular weight excluding hydrogens is 799 g/mol. The molecule has 1 aromatic heterocycles. The van der Waals surface area contributed by atoms with Crippen molar-refractivity contribution in [2.75, 3.05) is 9.80 Å². The van der Waals surface area contributed by atoms with Gasteiger partial charge >= 0.3 is 0 Å². The predicted octanol–water partition coefficient (Wildman–Crippen LogP) is 17.7. The lowest BCUT2D eigenvalue weighted by Crippen LogP contribution is -2.10. The van der Waals surface area contributed by atoms with E-state index in [1.807, 2.05) is 6.20 Å². The number of benzene rings is 12. The maximum Gasteiger partial charge on any atom is 0.0702 e. The van der Waals surface area contributed by atoms with Gasteiger partial charge in [0, 0.05) is 51.1 Å². The Hall–Kier alpha value is -8.79. The number of nitrogens with zero attached hydrogens (tertiary/aromatic N) is 3. The molecule has 66 heavy (non-hydrogen) atoms. The zero-order valence-corrected chi connectivity index (χ0v) is 36.0. The maximum absolute atomic E-state index is 5.13. The van der Waals surface area contributed by atoms with Crippen LogP contribution < -0.4 is 9.80 Å². The van der Waals surface area contributed by atoms with Gasteiger partial charge in [-0.3, -0.25) is 4.98 Å². The van der Waals surface area contributed by atoms with E-state index in [9.17, 15) is 0 Å². The number of hydrogen-bond acceptors (Lipinski definition) is 3. The first-order valence-corrected chi connectivity index (χ1v) is 22.6. The van der Waals surface area contributed by atoms with Crippen LogP contribution in [0.1, 0.15) is 0 Å². The first-order valence-electron chi connectivity index (χ1n) is 22.6. The molecule has 0 saturated heterocycles. The minimum atomic E-state index is 0.952. The maximum atomic E-state index is 5.13. The van der Waals surface area contributed by atoms with Crippen molar-refractivity contribution in [1.29, 1.82) is 0 Å². The second-order valence-electron chi connectivity index (χ2n) is 17.2. The summed E-state index contributed by atoms with van der Waals surface area (Å²) < 4.78 is 0. The minimum absolute atomic E-state index is 0.952. The molecule has 0 amide bonds. The van der Waals surface area contributed by atoms with Gasteiger partial charge in [0.1, 0.15) is 0 Å². The van der Waals surface area contributed by atoms with Crippen LogP contribution >= 0.6 is 0 Å². The molecule has 3 nitrogen and oxygen atoms in total. The van der Waals surface area contributed by atoms with Crippen molar-refractivity contribution in [2.45, 2.75) is 0 Å². The molecule has 0 aliphatic heterocycles. The fourth-order valence-electron chi connectivity index (χ4n) is 10.2. The van der Waals surface area contributed by atoms with E-state index in [0.717, 1.165) is 56.5 Å². The molecule has 0 radical (unpaired) electrons. The molecule has 0 fully saturated rings. The fourth-order valence-corrected chi connectivity index (χ4v) is 10.2. The van der Waals surface area contributed by atoms with Crippen molar-refractivity contribution in [3.05, 3.63) is 249 Å². The average Bonchev–Trinajstić information content (AvgIpc) is 3.38. The highest BCUT2D eigenvalue weighted by Gasteiger charge is 2.20. The van der Waals surface area contributed by atoms with Gasteiger partial charge in [-0.1, -0.05) is 158 Å². The Bertz CT molecular complexity index is 3750. The highest BCUT2D eigenvalue weighted by Crippen LogP contribution is 2.45. The van der Waals surface area contributed by atoms with Crippen molar-refractivity contribution in [3.8, 4) is 22.4 Å². The van der Waals surface area contributed by atoms with Gasteiger partial charge in [-0.05, 0) is 150 Å². The number of pyridine rings is 1. The van der Waals surface area contributed by atoms with Gasteiger partial charge in [-0.25, -0.2) is 0 Å². The molecule has 0 aliphatic carbocycles. The molecule has 0 atom stereocenters. The lowest BCUT2D eigenvalue weighted by Gasteiger charge is -2.27. The van der Waals surface area contributed by atoms with Crippen molar-refractivity contribution in [1.82, 2.24) is 4.98 Å². The van der Waals surface area contributed by atoms with Crippen LogP contribution in [0.25, 0.3) is 87.0 Å². The Labute approximate surface area is 383 Å². The Kier molecular flexibility index (Phi) is 8.85. The average molecular weight is 840 g/mol. The lowest BCUT2D eigenvalue weighted by molar-refractivity contribution is 1.30. The summed E-state index contributed by atoms with van der Waals surface area (Å²) in [6, 6.07) is 88.0. The van der Waals surface area contributed by atoms with Crippen molar-refractivity contribution >= 4 is 98.8 Å². The Morgan fingerprint density at radius 3 is 1.29 bits per heavy atom. The van der Waals surface area contributed by atoms with Gasteiger partial charge in [0.05, 0.1) is 11.4 Å². The van der Waals surface area contributed by atoms with Crippen molar-refractivity contribution < 1.29 is 0 Å². The van der Waals surface area contributed by atoms with E-state index in [4.69, 9.17) is 4.98 Å². The monoisotopic (exact) mass is 839 g/mol. The van der Waals surface area contributed by atoms with Gasteiger partial charge in [0.2, 0.25) is 0 Å². The number of hydrogen-bond donors (Lipinski definition) is 0. The van der Waals surface area contributed by atoms with Crippen molar-refractivity contribution in [2.24, 2.45) is 0 Å². The molecule has 13 rings (SSSR count). The second-order valence-corrected chi connectivity index (χ2v) is 17.2. The topological polar surface area (TPSA) is 19.4 Å². The van der Waals surface area contributed by atoms with Crippen LogP contribution in [0.4, 0.5) is 34.1 Å². The summed E-state index contributed by atoms with van der Waals surface area (Å²) in [4.78, 5) is 9.88. The minimum Gasteiger partial charge on any atom is -0.310 e. The molecule has 12 aromatic carbocycles. The predicted molar refractivity (Wildman–Crippen MR) is 281 cm³/mol. The standard InChI is InChI=1S/C63H41N3/c1-3-17-52(18-4-1)66(53-19-5-2-6-20-53)61-34-32-57(58-21-11-12-22-59(58)61)50-29-33-60(64-41-50)51-35-46-23-25-48-39-56(40-49-26-24-47(36-51)62(46)63(48)49)65(54-30-27-42-13-7-9-15-44(42)37-54)55-31-28-43-14-8-10-16-45(43)38-55/h1-41H. The van der Waals surface area contributed by atoms with Gasteiger partial charge in [-0.2, -0.15) is 0 Å². The molecule has 0 saturated carbocycles. The number of fused-ring (bicyclic) bond motifs is 3. The number of anilines is 6. The van der Waals surface area contributed by atoms with E-state index in [2.05, 4.69) is 252 Å². The molecule has 0 unspecified atom stereocenters. The first kappa shape index (κ1) is 37.7. The first-order chi connectivity index (χ1) is 32.7. The van der Waals surface area contributed by atoms with Gasteiger partial charge in [-0.15, -0.1) is 0 Å². The van der Waals surface area contributed by atoms with E-state index >= 15 is 0 Å². The Morgan fingerprint density at radius 2 is 0.742 bits per heavy atom. The highest BCUT2D eigenvalue weighted by atomic mass is 15.1. The zero-order valence-electron chi connectivity index (χ0n) is 36.0. The quantitative estimate of drug-likeness (QED) is 0.142. The van der Waals surface area contributed by atoms with Crippen molar-refractivity contribution in [3.63, 3.8) is 0 Å². The van der Waals surface area contributed by atoms with E-state index in [1.54, 1.807) is 0 Å². The SMILES string of the molecule is c1ccc(N(c2ccccc2)c2ccc(-c3ccc(-c4cc5ccc6cc(N(c7ccc8ccccc8c7)c7ccc8ccccc8c7)cc7ccc(c4)c5c67)nc3)c3ccccc23)cc1. The third kappa shape index (κ3) is 6.40. The largest absolute Gasteiger partial charge is 0.310 e. The third-order valence-electron chi connectivity index (χ3n) is 13.3. The summed E-state index contributed by atoms with van der Waals surface area (Å²) in [7, 11) is 0. The van der Waals surface area contributed by atoms with Crippen LogP contribution in [0.5, 0.6) is 0 Å². The van der Waals surface area contributed by atoms with Gasteiger partial charge in [0.15, 0.2) is 0 Å². The summed E-state index contributed by atoms with van der Waals surface area (Å²) in [5.41, 5.74) is 11.1. The molecule has 13 aromatic rings. The lowest BCUT2D eigenvalue weighted by atomic mass is 9.91. The zero-order chi connectivity index (χ0) is 43.6. The molecule has 1 heterocycles. The van der Waals surface area contributed by atoms with Gasteiger partial charge in [0.25, 0.3) is 0 Å². The van der Waals surface area contributed by atoms with E-state index in [1.165, 1.54) is 64.6 Å². The Balaban J connectivity index is 0.873. The van der Waals surface area contributed by atoms with E-state index < -0.39 is 0 Å². The summed E-state index contributed by atoms with van der Waals surface area (Å²) in [5, 5.41) is 14.7. The summed E-state index contributed by atoms with van der Waals surface area (Å²) in [6.07, 6.45) is 2.03. The highest BCUT2D eigenvalue weighted by molar-refractivity contribution is 6.24. The molecule has 0 aliphatic rings. The fraction of sp³-hybridized carbons (Fsp3) is 0. The van der Waals surface area contributed by atoms with E-state index in [-0.39, 0.29) is 0 Å². The van der Waals surface area contributed by atoms with Gasteiger partial charge < -0.3 is 9.80 Å². The van der Waals surface area contributed by atoms with Crippen LogP contribution in [0, 0.1) is 0 Å². The molecule has 308 valence electrons. The second kappa shape index (κ2) is 15.5. The van der Waals surface area contributed by atoms with Crippen LogP contribution in [-0.2, 0) is 0 Å². The Morgan fingerprint density at radius 1 is 0.273 bits per heavy atom. The number of aromatic nitrogens is 1.